The largest absolute Gasteiger partial charge is 0.465 e. The average Bonchev–Trinajstić information content (AvgIpc) is 3.05. The Labute approximate surface area is 127 Å². The van der Waals surface area contributed by atoms with Crippen LogP contribution in [-0.2, 0) is 22.7 Å². The van der Waals surface area contributed by atoms with Gasteiger partial charge in [-0.25, -0.2) is 4.68 Å². The minimum absolute atomic E-state index is 0.0103. The number of nitrogens with zero attached hydrogens (tertiary/aromatic N) is 3. The van der Waals surface area contributed by atoms with E-state index in [1.54, 1.807) is 4.68 Å². The Morgan fingerprint density at radius 1 is 1.41 bits per heavy atom. The summed E-state index contributed by atoms with van der Waals surface area (Å²) in [6.45, 7) is 4.58. The first-order valence-corrected chi connectivity index (χ1v) is 7.20. The Balaban J connectivity index is 1.64. The average molecular weight is 302 g/mol. The number of nitrogens with one attached hydrogen (secondary N) is 1. The number of furan rings is 1. The van der Waals surface area contributed by atoms with Gasteiger partial charge in [-0.1, -0.05) is 0 Å². The molecule has 0 saturated carbocycles. The van der Waals surface area contributed by atoms with Crippen LogP contribution in [0.2, 0.25) is 0 Å². The van der Waals surface area contributed by atoms with Gasteiger partial charge in [0.1, 0.15) is 23.9 Å². The van der Waals surface area contributed by atoms with Crippen LogP contribution in [0.1, 0.15) is 23.6 Å². The SMILES string of the molecule is Cc1cc2n(n1)CCC(=O)N2CC(=O)NCc1ccc(C)o1. The second-order valence-electron chi connectivity index (χ2n) is 5.39. The summed E-state index contributed by atoms with van der Waals surface area (Å²) < 4.78 is 7.16. The summed E-state index contributed by atoms with van der Waals surface area (Å²) in [5.74, 6) is 1.88. The second-order valence-corrected chi connectivity index (χ2v) is 5.39. The van der Waals surface area contributed by atoms with E-state index < -0.39 is 0 Å². The van der Waals surface area contributed by atoms with Crippen LogP contribution in [-0.4, -0.2) is 28.1 Å². The molecular weight excluding hydrogens is 284 g/mol. The molecule has 1 aliphatic rings. The smallest absolute Gasteiger partial charge is 0.240 e. The Morgan fingerprint density at radius 2 is 2.23 bits per heavy atom. The minimum atomic E-state index is -0.227. The summed E-state index contributed by atoms with van der Waals surface area (Å²) in [5, 5.41) is 7.08. The summed E-state index contributed by atoms with van der Waals surface area (Å²) >= 11 is 0. The van der Waals surface area contributed by atoms with Crippen molar-refractivity contribution in [2.45, 2.75) is 33.4 Å². The second kappa shape index (κ2) is 5.67. The molecule has 0 atom stereocenters. The van der Waals surface area contributed by atoms with Gasteiger partial charge in [-0.3, -0.25) is 14.5 Å². The predicted octanol–water partition coefficient (Wildman–Crippen LogP) is 1.15. The fourth-order valence-corrected chi connectivity index (χ4v) is 2.51. The predicted molar refractivity (Wildman–Crippen MR) is 79.2 cm³/mol. The van der Waals surface area contributed by atoms with Crippen molar-refractivity contribution in [3.8, 4) is 0 Å². The molecule has 0 bridgehead atoms. The van der Waals surface area contributed by atoms with Crippen LogP contribution < -0.4 is 10.2 Å². The van der Waals surface area contributed by atoms with Crippen molar-refractivity contribution in [3.05, 3.63) is 35.4 Å². The standard InChI is InChI=1S/C15H18N4O3/c1-10-7-14-18(15(21)5-6-19(14)17-10)9-13(20)16-8-12-4-3-11(2)22-12/h3-4,7H,5-6,8-9H2,1-2H3,(H,16,20). The Kier molecular flexibility index (Phi) is 3.70. The Bertz CT molecular complexity index is 716. The summed E-state index contributed by atoms with van der Waals surface area (Å²) in [4.78, 5) is 25.6. The van der Waals surface area contributed by atoms with Gasteiger partial charge < -0.3 is 9.73 Å². The van der Waals surface area contributed by atoms with Crippen LogP contribution in [0.15, 0.2) is 22.6 Å². The molecule has 0 aromatic carbocycles. The van der Waals surface area contributed by atoms with Crippen LogP contribution in [0.25, 0.3) is 0 Å². The Hall–Kier alpha value is -2.57. The maximum Gasteiger partial charge on any atom is 0.240 e. The minimum Gasteiger partial charge on any atom is -0.465 e. The van der Waals surface area contributed by atoms with E-state index in [-0.39, 0.29) is 18.4 Å². The topological polar surface area (TPSA) is 80.4 Å². The van der Waals surface area contributed by atoms with Crippen LogP contribution >= 0.6 is 0 Å². The number of hydrogen-bond acceptors (Lipinski definition) is 4. The van der Waals surface area contributed by atoms with Gasteiger partial charge in [0.25, 0.3) is 0 Å². The van der Waals surface area contributed by atoms with E-state index in [1.807, 2.05) is 32.0 Å². The normalized spacial score (nSPS) is 14.1. The van der Waals surface area contributed by atoms with Gasteiger partial charge in [0.2, 0.25) is 11.8 Å². The first kappa shape index (κ1) is 14.4. The lowest BCUT2D eigenvalue weighted by molar-refractivity contribution is -0.124. The van der Waals surface area contributed by atoms with Crippen molar-refractivity contribution in [2.75, 3.05) is 11.4 Å². The molecule has 1 aliphatic heterocycles. The number of anilines is 1. The highest BCUT2D eigenvalue weighted by atomic mass is 16.3. The van der Waals surface area contributed by atoms with Crippen molar-refractivity contribution in [1.29, 1.82) is 0 Å². The van der Waals surface area contributed by atoms with Crippen molar-refractivity contribution in [3.63, 3.8) is 0 Å². The number of carbonyl (C=O) groups excluding carboxylic acids is 2. The number of aromatic nitrogens is 2. The van der Waals surface area contributed by atoms with E-state index in [2.05, 4.69) is 10.4 Å². The molecule has 0 spiro atoms. The van der Waals surface area contributed by atoms with Gasteiger partial charge in [0.15, 0.2) is 0 Å². The number of fused-ring (bicyclic) bond motifs is 1. The monoisotopic (exact) mass is 302 g/mol. The molecule has 7 nitrogen and oxygen atoms in total. The number of hydrogen-bond donors (Lipinski definition) is 1. The highest BCUT2D eigenvalue weighted by Gasteiger charge is 2.27. The molecule has 2 aromatic heterocycles. The van der Waals surface area contributed by atoms with Crippen molar-refractivity contribution in [2.24, 2.45) is 0 Å². The number of rotatable bonds is 4. The third kappa shape index (κ3) is 2.88. The molecule has 116 valence electrons. The molecule has 0 radical (unpaired) electrons. The zero-order valence-corrected chi connectivity index (χ0v) is 12.6. The van der Waals surface area contributed by atoms with Crippen LogP contribution in [0.4, 0.5) is 5.82 Å². The zero-order chi connectivity index (χ0) is 15.7. The third-order valence-electron chi connectivity index (χ3n) is 3.55. The van der Waals surface area contributed by atoms with E-state index in [9.17, 15) is 9.59 Å². The van der Waals surface area contributed by atoms with E-state index in [0.717, 1.165) is 11.5 Å². The van der Waals surface area contributed by atoms with Gasteiger partial charge in [0, 0.05) is 12.5 Å². The van der Waals surface area contributed by atoms with Crippen LogP contribution in [0.3, 0.4) is 0 Å². The Morgan fingerprint density at radius 3 is 2.95 bits per heavy atom. The highest BCUT2D eigenvalue weighted by Crippen LogP contribution is 2.22. The van der Waals surface area contributed by atoms with Crippen molar-refractivity contribution >= 4 is 17.6 Å². The number of amides is 2. The first-order chi connectivity index (χ1) is 10.5. The molecule has 0 fully saturated rings. The molecule has 0 unspecified atom stereocenters. The molecule has 3 heterocycles. The van der Waals surface area contributed by atoms with Gasteiger partial charge >= 0.3 is 0 Å². The molecule has 0 saturated heterocycles. The summed E-state index contributed by atoms with van der Waals surface area (Å²) in [7, 11) is 0. The van der Waals surface area contributed by atoms with E-state index in [1.165, 1.54) is 4.90 Å². The lowest BCUT2D eigenvalue weighted by atomic mass is 10.2. The molecular formula is C15H18N4O3. The van der Waals surface area contributed by atoms with E-state index in [4.69, 9.17) is 4.42 Å². The van der Waals surface area contributed by atoms with Gasteiger partial charge in [-0.05, 0) is 26.0 Å². The van der Waals surface area contributed by atoms with Gasteiger partial charge in [0.05, 0.1) is 18.8 Å². The number of carbonyl (C=O) groups is 2. The van der Waals surface area contributed by atoms with Crippen LogP contribution in [0, 0.1) is 13.8 Å². The highest BCUT2D eigenvalue weighted by molar-refractivity contribution is 5.98. The third-order valence-corrected chi connectivity index (χ3v) is 3.55. The summed E-state index contributed by atoms with van der Waals surface area (Å²) in [6, 6.07) is 5.48. The fourth-order valence-electron chi connectivity index (χ4n) is 2.51. The summed E-state index contributed by atoms with van der Waals surface area (Å²) in [6.07, 6.45) is 0.360. The zero-order valence-electron chi connectivity index (χ0n) is 12.6. The molecule has 3 rings (SSSR count). The van der Waals surface area contributed by atoms with E-state index >= 15 is 0 Å². The molecule has 0 aliphatic carbocycles. The van der Waals surface area contributed by atoms with E-state index in [0.29, 0.717) is 31.1 Å². The quantitative estimate of drug-likeness (QED) is 0.918. The lowest BCUT2D eigenvalue weighted by Crippen LogP contribution is -2.44. The molecule has 22 heavy (non-hydrogen) atoms. The summed E-state index contributed by atoms with van der Waals surface area (Å²) in [5.41, 5.74) is 0.834. The molecule has 1 N–H and O–H groups in total. The van der Waals surface area contributed by atoms with Crippen LogP contribution in [0.5, 0.6) is 0 Å². The maximum absolute atomic E-state index is 12.1. The lowest BCUT2D eigenvalue weighted by Gasteiger charge is -2.26. The first-order valence-electron chi connectivity index (χ1n) is 7.20. The fraction of sp³-hybridized carbons (Fsp3) is 0.400. The maximum atomic E-state index is 12.1. The number of aryl methyl sites for hydroxylation is 3. The molecule has 7 heteroatoms. The van der Waals surface area contributed by atoms with Crippen molar-refractivity contribution < 1.29 is 14.0 Å². The van der Waals surface area contributed by atoms with Gasteiger partial charge in [-0.2, -0.15) is 5.10 Å². The molecule has 2 aromatic rings. The van der Waals surface area contributed by atoms with Gasteiger partial charge in [-0.15, -0.1) is 0 Å². The van der Waals surface area contributed by atoms with Crippen molar-refractivity contribution in [1.82, 2.24) is 15.1 Å². The molecule has 2 amide bonds.